The molecule has 0 fully saturated rings. The molecule has 20 heavy (non-hydrogen) atoms. The number of hydrogen-bond donors (Lipinski definition) is 1. The van der Waals surface area contributed by atoms with Crippen molar-refractivity contribution in [2.24, 2.45) is 0 Å². The number of anilines is 1. The molecule has 2 rings (SSSR count). The summed E-state index contributed by atoms with van der Waals surface area (Å²) in [5, 5.41) is 3.62. The number of benzene rings is 1. The summed E-state index contributed by atoms with van der Waals surface area (Å²) in [6, 6.07) is 7.17. The lowest BCUT2D eigenvalue weighted by atomic mass is 10.3. The highest BCUT2D eigenvalue weighted by molar-refractivity contribution is 7.11. The van der Waals surface area contributed by atoms with Gasteiger partial charge in [0.25, 0.3) is 0 Å². The molecule has 1 amide bonds. The second-order valence-electron chi connectivity index (χ2n) is 4.17. The number of carbonyl (C=O) groups is 1. The summed E-state index contributed by atoms with van der Waals surface area (Å²) >= 11 is 1.63. The van der Waals surface area contributed by atoms with Crippen LogP contribution < -0.4 is 10.1 Å². The van der Waals surface area contributed by atoms with Gasteiger partial charge in [-0.25, -0.2) is 9.78 Å². The van der Waals surface area contributed by atoms with Gasteiger partial charge in [-0.3, -0.25) is 5.32 Å². The molecule has 0 radical (unpaired) electrons. The number of methoxy groups -OCH3 is 1. The van der Waals surface area contributed by atoms with Crippen LogP contribution >= 0.6 is 11.3 Å². The Morgan fingerprint density at radius 1 is 1.40 bits per heavy atom. The second-order valence-corrected chi connectivity index (χ2v) is 5.46. The Balaban J connectivity index is 2.01. The van der Waals surface area contributed by atoms with Crippen LogP contribution in [-0.4, -0.2) is 18.2 Å². The number of hydrogen-bond acceptors (Lipinski definition) is 5. The summed E-state index contributed by atoms with van der Waals surface area (Å²) in [4.78, 5) is 16.6. The smallest absolute Gasteiger partial charge is 0.411 e. The summed E-state index contributed by atoms with van der Waals surface area (Å²) < 4.78 is 10.3. The minimum Gasteiger partial charge on any atom is -0.488 e. The van der Waals surface area contributed by atoms with E-state index in [0.29, 0.717) is 18.0 Å². The van der Waals surface area contributed by atoms with Crippen LogP contribution in [0.4, 0.5) is 10.5 Å². The third kappa shape index (κ3) is 3.71. The molecule has 1 N–H and O–H groups in total. The second kappa shape index (κ2) is 6.38. The van der Waals surface area contributed by atoms with Crippen molar-refractivity contribution in [2.45, 2.75) is 20.5 Å². The van der Waals surface area contributed by atoms with E-state index in [1.54, 1.807) is 23.5 Å². The SMILES string of the molecule is COC(=O)Nc1cccc(OCc2sc(C)nc2C)c1. The van der Waals surface area contributed by atoms with Gasteiger partial charge in [0.2, 0.25) is 0 Å². The van der Waals surface area contributed by atoms with Crippen LogP contribution in [0.1, 0.15) is 15.6 Å². The Kier molecular flexibility index (Phi) is 4.57. The molecule has 1 aromatic heterocycles. The molecule has 5 nitrogen and oxygen atoms in total. The highest BCUT2D eigenvalue weighted by atomic mass is 32.1. The number of rotatable bonds is 4. The first-order valence-corrected chi connectivity index (χ1v) is 6.91. The van der Waals surface area contributed by atoms with Crippen molar-refractivity contribution < 1.29 is 14.3 Å². The first-order chi connectivity index (χ1) is 9.58. The van der Waals surface area contributed by atoms with Gasteiger partial charge in [-0.05, 0) is 26.0 Å². The number of amides is 1. The number of aromatic nitrogens is 1. The molecule has 6 heteroatoms. The molecule has 0 bridgehead atoms. The van der Waals surface area contributed by atoms with E-state index < -0.39 is 6.09 Å². The summed E-state index contributed by atoms with van der Waals surface area (Å²) in [5.41, 5.74) is 1.63. The predicted molar refractivity (Wildman–Crippen MR) is 78.4 cm³/mol. The topological polar surface area (TPSA) is 60.5 Å². The Hall–Kier alpha value is -2.08. The average Bonchev–Trinajstić information content (AvgIpc) is 2.75. The number of nitrogens with zero attached hydrogens (tertiary/aromatic N) is 1. The zero-order chi connectivity index (χ0) is 14.5. The molecule has 0 saturated carbocycles. The minimum absolute atomic E-state index is 0.471. The summed E-state index contributed by atoms with van der Waals surface area (Å²) in [6.07, 6.45) is -0.504. The Morgan fingerprint density at radius 2 is 2.20 bits per heavy atom. The Labute approximate surface area is 121 Å². The van der Waals surface area contributed by atoms with Crippen molar-refractivity contribution in [3.05, 3.63) is 39.8 Å². The molecule has 1 aromatic carbocycles. The van der Waals surface area contributed by atoms with Crippen LogP contribution in [0.15, 0.2) is 24.3 Å². The van der Waals surface area contributed by atoms with Gasteiger partial charge in [0.05, 0.1) is 22.7 Å². The third-order valence-corrected chi connectivity index (χ3v) is 3.68. The lowest BCUT2D eigenvalue weighted by Gasteiger charge is -2.08. The van der Waals surface area contributed by atoms with E-state index in [0.717, 1.165) is 15.6 Å². The van der Waals surface area contributed by atoms with Crippen molar-refractivity contribution in [3.63, 3.8) is 0 Å². The zero-order valence-electron chi connectivity index (χ0n) is 11.6. The number of nitrogens with one attached hydrogen (secondary N) is 1. The Morgan fingerprint density at radius 3 is 2.85 bits per heavy atom. The molecule has 0 unspecified atom stereocenters. The minimum atomic E-state index is -0.504. The van der Waals surface area contributed by atoms with Crippen molar-refractivity contribution in [1.29, 1.82) is 0 Å². The number of ether oxygens (including phenoxy) is 2. The maximum atomic E-state index is 11.1. The largest absolute Gasteiger partial charge is 0.488 e. The normalized spacial score (nSPS) is 10.2. The maximum absolute atomic E-state index is 11.1. The van der Waals surface area contributed by atoms with Gasteiger partial charge in [-0.1, -0.05) is 6.07 Å². The van der Waals surface area contributed by atoms with E-state index >= 15 is 0 Å². The lowest BCUT2D eigenvalue weighted by Crippen LogP contribution is -2.10. The van der Waals surface area contributed by atoms with Gasteiger partial charge in [-0.2, -0.15) is 0 Å². The molecule has 0 aliphatic rings. The van der Waals surface area contributed by atoms with E-state index in [1.807, 2.05) is 26.0 Å². The third-order valence-electron chi connectivity index (χ3n) is 2.64. The summed E-state index contributed by atoms with van der Waals surface area (Å²) in [5.74, 6) is 0.685. The molecule has 0 saturated heterocycles. The van der Waals surface area contributed by atoms with Crippen molar-refractivity contribution in [2.75, 3.05) is 12.4 Å². The van der Waals surface area contributed by atoms with E-state index in [-0.39, 0.29) is 0 Å². The van der Waals surface area contributed by atoms with E-state index in [1.165, 1.54) is 7.11 Å². The molecule has 2 aromatic rings. The van der Waals surface area contributed by atoms with E-state index in [2.05, 4.69) is 15.0 Å². The van der Waals surface area contributed by atoms with Gasteiger partial charge < -0.3 is 9.47 Å². The quantitative estimate of drug-likeness (QED) is 0.936. The van der Waals surface area contributed by atoms with Crippen LogP contribution in [0.5, 0.6) is 5.75 Å². The van der Waals surface area contributed by atoms with Gasteiger partial charge in [0, 0.05) is 11.8 Å². The van der Waals surface area contributed by atoms with Crippen molar-refractivity contribution in [1.82, 2.24) is 4.98 Å². The fourth-order valence-corrected chi connectivity index (χ4v) is 2.54. The fraction of sp³-hybridized carbons (Fsp3) is 0.286. The number of thiazole rings is 1. The number of carbonyl (C=O) groups excluding carboxylic acids is 1. The van der Waals surface area contributed by atoms with Gasteiger partial charge in [-0.15, -0.1) is 11.3 Å². The van der Waals surface area contributed by atoms with E-state index in [9.17, 15) is 4.79 Å². The highest BCUT2D eigenvalue weighted by Gasteiger charge is 2.06. The van der Waals surface area contributed by atoms with Crippen LogP contribution in [-0.2, 0) is 11.3 Å². The maximum Gasteiger partial charge on any atom is 0.411 e. The molecule has 0 aliphatic heterocycles. The molecule has 0 spiro atoms. The average molecular weight is 292 g/mol. The van der Waals surface area contributed by atoms with Crippen molar-refractivity contribution >= 4 is 23.1 Å². The predicted octanol–water partition coefficient (Wildman–Crippen LogP) is 3.52. The van der Waals surface area contributed by atoms with Crippen LogP contribution in [0, 0.1) is 13.8 Å². The van der Waals surface area contributed by atoms with Gasteiger partial charge in [0.15, 0.2) is 0 Å². The molecular weight excluding hydrogens is 276 g/mol. The Bertz CT molecular complexity index is 610. The standard InChI is InChI=1S/C14H16N2O3S/c1-9-13(20-10(2)15-9)8-19-12-6-4-5-11(7-12)16-14(17)18-3/h4-7H,8H2,1-3H3,(H,16,17). The molecule has 0 atom stereocenters. The van der Waals surface area contributed by atoms with Crippen molar-refractivity contribution in [3.8, 4) is 5.75 Å². The molecule has 106 valence electrons. The first-order valence-electron chi connectivity index (χ1n) is 6.09. The molecule has 1 heterocycles. The summed E-state index contributed by atoms with van der Waals surface area (Å²) in [7, 11) is 1.32. The monoisotopic (exact) mass is 292 g/mol. The summed E-state index contributed by atoms with van der Waals surface area (Å²) in [6.45, 7) is 4.42. The highest BCUT2D eigenvalue weighted by Crippen LogP contribution is 2.22. The lowest BCUT2D eigenvalue weighted by molar-refractivity contribution is 0.187. The van der Waals surface area contributed by atoms with Crippen LogP contribution in [0.3, 0.4) is 0 Å². The fourth-order valence-electron chi connectivity index (χ4n) is 1.69. The molecule has 0 aliphatic carbocycles. The number of aryl methyl sites for hydroxylation is 2. The van der Waals surface area contributed by atoms with Gasteiger partial charge >= 0.3 is 6.09 Å². The molecular formula is C14H16N2O3S. The van der Waals surface area contributed by atoms with Crippen LogP contribution in [0.25, 0.3) is 0 Å². The van der Waals surface area contributed by atoms with Crippen LogP contribution in [0.2, 0.25) is 0 Å². The van der Waals surface area contributed by atoms with Gasteiger partial charge in [0.1, 0.15) is 12.4 Å². The zero-order valence-corrected chi connectivity index (χ0v) is 12.4. The first kappa shape index (κ1) is 14.3. The van der Waals surface area contributed by atoms with E-state index in [4.69, 9.17) is 4.74 Å².